The Hall–Kier alpha value is -2.45. The van der Waals surface area contributed by atoms with Gasteiger partial charge < -0.3 is 9.84 Å². The van der Waals surface area contributed by atoms with E-state index in [1.54, 1.807) is 12.1 Å². The minimum Gasteiger partial charge on any atom is -0.424 e. The van der Waals surface area contributed by atoms with Gasteiger partial charge in [0.2, 0.25) is 0 Å². The highest BCUT2D eigenvalue weighted by atomic mass is 16.5. The van der Waals surface area contributed by atoms with Gasteiger partial charge in [-0.25, -0.2) is 4.98 Å². The number of benzene rings is 1. The SMILES string of the molecule is N#Cc1ccnc(Oc2ccc(CCO)cc2)n1. The molecule has 0 bridgehead atoms. The topological polar surface area (TPSA) is 79.0 Å². The van der Waals surface area contributed by atoms with Gasteiger partial charge in [0.05, 0.1) is 0 Å². The highest BCUT2D eigenvalue weighted by molar-refractivity contribution is 5.30. The lowest BCUT2D eigenvalue weighted by atomic mass is 10.1. The van der Waals surface area contributed by atoms with Gasteiger partial charge in [-0.3, -0.25) is 0 Å². The van der Waals surface area contributed by atoms with E-state index in [-0.39, 0.29) is 18.3 Å². The molecule has 1 aromatic carbocycles. The first-order chi connectivity index (χ1) is 8.81. The Morgan fingerprint density at radius 1 is 1.22 bits per heavy atom. The predicted octanol–water partition coefficient (Wildman–Crippen LogP) is 1.68. The Morgan fingerprint density at radius 3 is 2.67 bits per heavy atom. The molecule has 0 radical (unpaired) electrons. The van der Waals surface area contributed by atoms with E-state index in [4.69, 9.17) is 15.1 Å². The highest BCUT2D eigenvalue weighted by Gasteiger charge is 2.02. The Kier molecular flexibility index (Phi) is 3.84. The molecule has 5 heteroatoms. The van der Waals surface area contributed by atoms with E-state index in [9.17, 15) is 0 Å². The summed E-state index contributed by atoms with van der Waals surface area (Å²) >= 11 is 0. The summed E-state index contributed by atoms with van der Waals surface area (Å²) in [7, 11) is 0. The van der Waals surface area contributed by atoms with E-state index < -0.39 is 0 Å². The second-order valence-corrected chi connectivity index (χ2v) is 3.56. The molecular weight excluding hydrogens is 230 g/mol. The van der Waals surface area contributed by atoms with Crippen molar-refractivity contribution < 1.29 is 9.84 Å². The number of rotatable bonds is 4. The van der Waals surface area contributed by atoms with Crippen molar-refractivity contribution in [3.8, 4) is 17.8 Å². The van der Waals surface area contributed by atoms with Crippen molar-refractivity contribution in [2.45, 2.75) is 6.42 Å². The monoisotopic (exact) mass is 241 g/mol. The van der Waals surface area contributed by atoms with Gasteiger partial charge in [0.25, 0.3) is 0 Å². The molecule has 0 aliphatic heterocycles. The Labute approximate surface area is 104 Å². The fraction of sp³-hybridized carbons (Fsp3) is 0.154. The number of hydrogen-bond acceptors (Lipinski definition) is 5. The lowest BCUT2D eigenvalue weighted by Gasteiger charge is -2.04. The lowest BCUT2D eigenvalue weighted by Crippen LogP contribution is -1.94. The van der Waals surface area contributed by atoms with Crippen molar-refractivity contribution in [3.63, 3.8) is 0 Å². The Balaban J connectivity index is 2.11. The third-order valence-electron chi connectivity index (χ3n) is 2.28. The molecule has 0 atom stereocenters. The molecule has 0 fully saturated rings. The van der Waals surface area contributed by atoms with E-state index in [0.717, 1.165) is 5.56 Å². The van der Waals surface area contributed by atoms with Gasteiger partial charge in [-0.15, -0.1) is 0 Å². The maximum absolute atomic E-state index is 8.80. The minimum absolute atomic E-state index is 0.119. The number of nitrogens with zero attached hydrogens (tertiary/aromatic N) is 3. The summed E-state index contributed by atoms with van der Waals surface area (Å²) in [5.74, 6) is 0.590. The first-order valence-corrected chi connectivity index (χ1v) is 5.42. The maximum Gasteiger partial charge on any atom is 0.323 e. The summed E-state index contributed by atoms with van der Waals surface area (Å²) in [5.41, 5.74) is 1.29. The summed E-state index contributed by atoms with van der Waals surface area (Å²) in [6.07, 6.45) is 2.09. The molecule has 2 aromatic rings. The van der Waals surface area contributed by atoms with Gasteiger partial charge >= 0.3 is 6.01 Å². The average molecular weight is 241 g/mol. The summed E-state index contributed by atoms with van der Waals surface area (Å²) in [6, 6.07) is 10.8. The van der Waals surface area contributed by atoms with Crippen LogP contribution in [-0.4, -0.2) is 21.7 Å². The predicted molar refractivity (Wildman–Crippen MR) is 64.1 cm³/mol. The molecule has 0 amide bonds. The summed E-state index contributed by atoms with van der Waals surface area (Å²) < 4.78 is 5.42. The molecule has 0 aliphatic carbocycles. The molecule has 1 N–H and O–H groups in total. The van der Waals surface area contributed by atoms with E-state index >= 15 is 0 Å². The summed E-state index contributed by atoms with van der Waals surface area (Å²) in [6.45, 7) is 0.119. The normalized spacial score (nSPS) is 9.78. The zero-order chi connectivity index (χ0) is 12.8. The third kappa shape index (κ3) is 3.03. The fourth-order valence-electron chi connectivity index (χ4n) is 1.41. The van der Waals surface area contributed by atoms with Gasteiger partial charge in [0.1, 0.15) is 17.5 Å². The molecule has 0 unspecified atom stereocenters. The zero-order valence-corrected chi connectivity index (χ0v) is 9.58. The van der Waals surface area contributed by atoms with Crippen molar-refractivity contribution in [2.75, 3.05) is 6.61 Å². The summed E-state index contributed by atoms with van der Waals surface area (Å²) in [5, 5.41) is 17.5. The largest absolute Gasteiger partial charge is 0.424 e. The van der Waals surface area contributed by atoms with Gasteiger partial charge in [0, 0.05) is 12.8 Å². The van der Waals surface area contributed by atoms with Crippen LogP contribution in [0.1, 0.15) is 11.3 Å². The molecule has 18 heavy (non-hydrogen) atoms. The van der Waals surface area contributed by atoms with Crippen molar-refractivity contribution in [1.29, 1.82) is 5.26 Å². The third-order valence-corrected chi connectivity index (χ3v) is 2.28. The van der Waals surface area contributed by atoms with E-state index in [1.165, 1.54) is 12.3 Å². The van der Waals surface area contributed by atoms with Crippen LogP contribution in [0.3, 0.4) is 0 Å². The van der Waals surface area contributed by atoms with E-state index in [0.29, 0.717) is 12.2 Å². The first-order valence-electron chi connectivity index (χ1n) is 5.42. The minimum atomic E-state index is 0.119. The van der Waals surface area contributed by atoms with Gasteiger partial charge in [0.15, 0.2) is 0 Å². The lowest BCUT2D eigenvalue weighted by molar-refractivity contribution is 0.299. The first kappa shape index (κ1) is 12.0. The quantitative estimate of drug-likeness (QED) is 0.880. The second kappa shape index (κ2) is 5.75. The van der Waals surface area contributed by atoms with Crippen LogP contribution >= 0.6 is 0 Å². The van der Waals surface area contributed by atoms with Crippen LogP contribution in [-0.2, 0) is 6.42 Å². The molecular formula is C13H11N3O2. The molecule has 5 nitrogen and oxygen atoms in total. The molecule has 0 saturated carbocycles. The van der Waals surface area contributed by atoms with Crippen LogP contribution in [0, 0.1) is 11.3 Å². The number of hydrogen-bond donors (Lipinski definition) is 1. The molecule has 0 spiro atoms. The molecule has 2 rings (SSSR count). The maximum atomic E-state index is 8.80. The molecule has 90 valence electrons. The van der Waals surface area contributed by atoms with Crippen molar-refractivity contribution in [3.05, 3.63) is 47.8 Å². The van der Waals surface area contributed by atoms with Crippen LogP contribution in [0.5, 0.6) is 11.8 Å². The van der Waals surface area contributed by atoms with Crippen LogP contribution < -0.4 is 4.74 Å². The molecule has 0 saturated heterocycles. The number of ether oxygens (including phenoxy) is 1. The highest BCUT2D eigenvalue weighted by Crippen LogP contribution is 2.18. The Morgan fingerprint density at radius 2 is 2.00 bits per heavy atom. The van der Waals surface area contributed by atoms with E-state index in [2.05, 4.69) is 9.97 Å². The van der Waals surface area contributed by atoms with Crippen LogP contribution in [0.4, 0.5) is 0 Å². The van der Waals surface area contributed by atoms with Crippen molar-refractivity contribution in [2.24, 2.45) is 0 Å². The van der Waals surface area contributed by atoms with Crippen LogP contribution in [0.2, 0.25) is 0 Å². The van der Waals surface area contributed by atoms with Gasteiger partial charge in [-0.1, -0.05) is 12.1 Å². The van der Waals surface area contributed by atoms with Crippen molar-refractivity contribution >= 4 is 0 Å². The van der Waals surface area contributed by atoms with Gasteiger partial charge in [-0.2, -0.15) is 10.2 Å². The summed E-state index contributed by atoms with van der Waals surface area (Å²) in [4.78, 5) is 7.83. The second-order valence-electron chi connectivity index (χ2n) is 3.56. The van der Waals surface area contributed by atoms with E-state index in [1.807, 2.05) is 18.2 Å². The average Bonchev–Trinajstić information content (AvgIpc) is 2.42. The number of aromatic nitrogens is 2. The number of aliphatic hydroxyl groups excluding tert-OH is 1. The molecule has 1 aromatic heterocycles. The molecule has 1 heterocycles. The fourth-order valence-corrected chi connectivity index (χ4v) is 1.41. The van der Waals surface area contributed by atoms with Gasteiger partial charge in [-0.05, 0) is 30.2 Å². The zero-order valence-electron chi connectivity index (χ0n) is 9.58. The molecule has 0 aliphatic rings. The standard InChI is InChI=1S/C13H11N3O2/c14-9-11-5-7-15-13(16-11)18-12-3-1-10(2-4-12)6-8-17/h1-5,7,17H,6,8H2. The Bertz CT molecular complexity index is 561. The van der Waals surface area contributed by atoms with Crippen LogP contribution in [0.25, 0.3) is 0 Å². The number of nitriles is 1. The number of aliphatic hydroxyl groups is 1. The smallest absolute Gasteiger partial charge is 0.323 e. The van der Waals surface area contributed by atoms with Crippen molar-refractivity contribution in [1.82, 2.24) is 9.97 Å². The van der Waals surface area contributed by atoms with Crippen LogP contribution in [0.15, 0.2) is 36.5 Å².